The predicted molar refractivity (Wildman–Crippen MR) is 34.9 cm³/mol. The summed E-state index contributed by atoms with van der Waals surface area (Å²) >= 11 is 0. The van der Waals surface area contributed by atoms with Gasteiger partial charge in [0.15, 0.2) is 0 Å². The molecule has 2 N–H and O–H groups in total. The summed E-state index contributed by atoms with van der Waals surface area (Å²) in [5.74, 6) is 0.255. The molecule has 0 aliphatic heterocycles. The van der Waals surface area contributed by atoms with Crippen molar-refractivity contribution in [3.05, 3.63) is 34.6 Å². The topological polar surface area (TPSA) is 56.0 Å². The predicted octanol–water partition coefficient (Wildman–Crippen LogP) is 0.0240. The van der Waals surface area contributed by atoms with Gasteiger partial charge >= 0.3 is 0 Å². The van der Waals surface area contributed by atoms with Gasteiger partial charge in [0.25, 0.3) is 5.56 Å². The second-order valence-corrected chi connectivity index (χ2v) is 1.59. The maximum Gasteiger partial charge on any atom is 0.271 e. The molecular weight excluding hydrogens is 116 g/mol. The first-order valence-corrected chi connectivity index (χ1v) is 2.52. The number of nitrogens with two attached hydrogens (primary N) is 1. The third-order valence-electron chi connectivity index (χ3n) is 0.856. The van der Waals surface area contributed by atoms with E-state index in [9.17, 15) is 4.79 Å². The van der Waals surface area contributed by atoms with Crippen LogP contribution in [0, 0.1) is 0 Å². The van der Waals surface area contributed by atoms with E-state index in [1.54, 1.807) is 18.2 Å². The Balaban J connectivity index is 3.37. The normalized spacial score (nSPS) is 8.89. The first-order valence-electron chi connectivity index (χ1n) is 2.52. The highest BCUT2D eigenvalue weighted by Crippen LogP contribution is 1.85. The number of aromatic nitrogens is 1. The summed E-state index contributed by atoms with van der Waals surface area (Å²) in [6.45, 7) is 0. The Labute approximate surface area is 52.2 Å². The molecule has 0 aromatic carbocycles. The van der Waals surface area contributed by atoms with E-state index in [1.807, 2.05) is 0 Å². The highest BCUT2D eigenvalue weighted by atomic mass is 16.1. The van der Waals surface area contributed by atoms with Gasteiger partial charge < -0.3 is 5.73 Å². The van der Waals surface area contributed by atoms with Crippen LogP contribution >= 0.6 is 0 Å². The molecule has 3 nitrogen and oxygen atoms in total. The summed E-state index contributed by atoms with van der Waals surface area (Å²) in [4.78, 5) is 14.0. The van der Waals surface area contributed by atoms with Gasteiger partial charge in [-0.1, -0.05) is 12.1 Å². The van der Waals surface area contributed by atoms with Crippen LogP contribution in [0.5, 0.6) is 0 Å². The maximum absolute atomic E-state index is 10.5. The second kappa shape index (κ2) is 2.26. The van der Waals surface area contributed by atoms with Crippen LogP contribution in [0.15, 0.2) is 29.1 Å². The van der Waals surface area contributed by atoms with Gasteiger partial charge in [-0.25, -0.2) is 0 Å². The van der Waals surface area contributed by atoms with Gasteiger partial charge in [0.1, 0.15) is 5.82 Å². The van der Waals surface area contributed by atoms with Gasteiger partial charge in [0.2, 0.25) is 0 Å². The molecule has 0 aliphatic carbocycles. The van der Waals surface area contributed by atoms with E-state index in [-0.39, 0.29) is 11.4 Å². The van der Waals surface area contributed by atoms with Crippen molar-refractivity contribution in [1.82, 2.24) is 4.98 Å². The molecule has 1 aromatic rings. The van der Waals surface area contributed by atoms with Crippen LogP contribution in [-0.2, 0) is 0 Å². The number of anilines is 1. The van der Waals surface area contributed by atoms with E-state index < -0.39 is 0 Å². The summed E-state index contributed by atoms with van der Waals surface area (Å²) in [6, 6.07) is 6.20. The lowest BCUT2D eigenvalue weighted by molar-refractivity contribution is 1.28. The first-order chi connectivity index (χ1) is 4.29. The van der Waals surface area contributed by atoms with E-state index in [0.717, 1.165) is 0 Å². The number of nitrogens with zero attached hydrogens (tertiary/aromatic N) is 1. The largest absolute Gasteiger partial charge is 0.384 e. The third kappa shape index (κ3) is 1.53. The Bertz CT molecular complexity index is 259. The molecule has 0 atom stereocenters. The zero-order chi connectivity index (χ0) is 6.69. The minimum Gasteiger partial charge on any atom is -0.384 e. The quantitative estimate of drug-likeness (QED) is 0.528. The fraction of sp³-hybridized carbons (Fsp3) is 0. The zero-order valence-corrected chi connectivity index (χ0v) is 4.74. The maximum atomic E-state index is 10.5. The molecule has 9 heavy (non-hydrogen) atoms. The van der Waals surface area contributed by atoms with Crippen molar-refractivity contribution >= 4 is 5.82 Å². The second-order valence-electron chi connectivity index (χ2n) is 1.59. The molecule has 0 spiro atoms. The Morgan fingerprint density at radius 2 is 2.00 bits per heavy atom. The molecule has 1 heterocycles. The lowest BCUT2D eigenvalue weighted by atomic mass is 10.5. The molecule has 0 bridgehead atoms. The summed E-state index contributed by atoms with van der Waals surface area (Å²) in [6.07, 6.45) is 0. The fourth-order valence-corrected chi connectivity index (χ4v) is 0.494. The van der Waals surface area contributed by atoms with Crippen LogP contribution in [-0.4, -0.2) is 4.98 Å². The molecule has 0 saturated heterocycles. The van der Waals surface area contributed by atoms with Gasteiger partial charge in [-0.05, 0) is 6.07 Å². The highest BCUT2D eigenvalue weighted by Gasteiger charge is 1.80. The van der Waals surface area contributed by atoms with E-state index in [2.05, 4.69) is 4.98 Å². The van der Waals surface area contributed by atoms with E-state index in [0.29, 0.717) is 0 Å². The Morgan fingerprint density at radius 3 is 2.78 bits per heavy atom. The zero-order valence-electron chi connectivity index (χ0n) is 4.74. The average molecular weight is 122 g/mol. The molecule has 0 saturated carbocycles. The van der Waals surface area contributed by atoms with Crippen LogP contribution in [0.4, 0.5) is 5.82 Å². The number of hydrogen-bond donors (Lipinski definition) is 1. The molecule has 1 aromatic heterocycles. The number of hydrogen-bond acceptors (Lipinski definition) is 3. The standard InChI is InChI=1S/C6H6N2O/c7-5-3-1-2-4-6(9)8-5/h1-4H,(H2,7,8,9). The first kappa shape index (κ1) is 5.75. The minimum absolute atomic E-state index is 0.255. The molecule has 0 radical (unpaired) electrons. The number of rotatable bonds is 0. The smallest absolute Gasteiger partial charge is 0.271 e. The van der Waals surface area contributed by atoms with Crippen LogP contribution < -0.4 is 11.3 Å². The molecule has 46 valence electrons. The summed E-state index contributed by atoms with van der Waals surface area (Å²) in [7, 11) is 0. The van der Waals surface area contributed by atoms with Gasteiger partial charge in [-0.2, -0.15) is 4.98 Å². The third-order valence-corrected chi connectivity index (χ3v) is 0.856. The lowest BCUT2D eigenvalue weighted by Crippen LogP contribution is -2.01. The highest BCUT2D eigenvalue weighted by molar-refractivity contribution is 5.24. The van der Waals surface area contributed by atoms with Gasteiger partial charge in [-0.3, -0.25) is 4.79 Å². The SMILES string of the molecule is Nc1ccccc(=O)n1. The minimum atomic E-state index is -0.308. The van der Waals surface area contributed by atoms with Crippen LogP contribution in [0.1, 0.15) is 0 Å². The number of nitrogen functional groups attached to an aromatic ring is 1. The van der Waals surface area contributed by atoms with Crippen molar-refractivity contribution in [2.24, 2.45) is 0 Å². The molecule has 0 fully saturated rings. The van der Waals surface area contributed by atoms with Gasteiger partial charge in [-0.15, -0.1) is 0 Å². The lowest BCUT2D eigenvalue weighted by Gasteiger charge is -1.75. The van der Waals surface area contributed by atoms with E-state index in [1.165, 1.54) is 6.07 Å². The van der Waals surface area contributed by atoms with Crippen LogP contribution in [0.25, 0.3) is 0 Å². The van der Waals surface area contributed by atoms with Crippen molar-refractivity contribution < 1.29 is 0 Å². The molecule has 1 rings (SSSR count). The van der Waals surface area contributed by atoms with Crippen molar-refractivity contribution in [2.45, 2.75) is 0 Å². The monoisotopic (exact) mass is 122 g/mol. The Kier molecular flexibility index (Phi) is 1.44. The summed E-state index contributed by atoms with van der Waals surface area (Å²) in [5, 5.41) is 0. The molecule has 3 heteroatoms. The molecule has 0 aliphatic rings. The van der Waals surface area contributed by atoms with Gasteiger partial charge in [0, 0.05) is 6.07 Å². The Morgan fingerprint density at radius 1 is 1.33 bits per heavy atom. The van der Waals surface area contributed by atoms with Crippen LogP contribution in [0.2, 0.25) is 0 Å². The molecular formula is C6H6N2O. The van der Waals surface area contributed by atoms with Crippen molar-refractivity contribution in [2.75, 3.05) is 5.73 Å². The van der Waals surface area contributed by atoms with E-state index >= 15 is 0 Å². The van der Waals surface area contributed by atoms with Crippen LogP contribution in [0.3, 0.4) is 0 Å². The average Bonchev–Trinajstić information content (AvgIpc) is 1.93. The summed E-state index contributed by atoms with van der Waals surface area (Å²) < 4.78 is 0. The van der Waals surface area contributed by atoms with Crippen molar-refractivity contribution in [3.63, 3.8) is 0 Å². The van der Waals surface area contributed by atoms with E-state index in [4.69, 9.17) is 5.73 Å². The Hall–Kier alpha value is -1.38. The molecule has 0 amide bonds. The van der Waals surface area contributed by atoms with Gasteiger partial charge in [0.05, 0.1) is 0 Å². The van der Waals surface area contributed by atoms with Crippen molar-refractivity contribution in [1.29, 1.82) is 0 Å². The van der Waals surface area contributed by atoms with Crippen molar-refractivity contribution in [3.8, 4) is 0 Å². The fourth-order valence-electron chi connectivity index (χ4n) is 0.494. The molecule has 0 unspecified atom stereocenters. The summed E-state index contributed by atoms with van der Waals surface area (Å²) in [5.41, 5.74) is 4.92.